The number of carbonyl (C=O) groups is 1. The first-order valence-electron chi connectivity index (χ1n) is 9.08. The Bertz CT molecular complexity index is 835. The monoisotopic (exact) mass is 494 g/mol. The van der Waals surface area contributed by atoms with Gasteiger partial charge in [0.2, 0.25) is 6.29 Å². The average Bonchev–Trinajstić information content (AvgIpc) is 2.97. The molecule has 1 aromatic carbocycles. The average molecular weight is 496 g/mol. The molecule has 2 aliphatic rings. The van der Waals surface area contributed by atoms with Gasteiger partial charge in [-0.05, 0) is 29.3 Å². The van der Waals surface area contributed by atoms with Crippen molar-refractivity contribution in [2.75, 3.05) is 20.3 Å². The SMILES string of the molecule is COC1OC(COCc2ccc(Cl)cc2Cl)CC1=O.OCC1=C(Cl)C=C(Cl)CC=C1. The number of ether oxygens (including phenoxy) is 3. The molecule has 1 N–H and O–H groups in total. The van der Waals surface area contributed by atoms with E-state index in [9.17, 15) is 4.79 Å². The van der Waals surface area contributed by atoms with Crippen molar-refractivity contribution in [3.8, 4) is 0 Å². The zero-order chi connectivity index (χ0) is 22.1. The molecule has 30 heavy (non-hydrogen) atoms. The van der Waals surface area contributed by atoms with E-state index in [0.29, 0.717) is 51.7 Å². The molecule has 0 spiro atoms. The van der Waals surface area contributed by atoms with E-state index in [0.717, 1.165) is 5.56 Å². The standard InChI is InChI=1S/C13H14Cl2O4.C8H8Cl2O/c1-17-13-12(16)5-10(19-13)7-18-6-8-2-3-9(14)4-11(8)15;9-7-3-1-2-6(5-11)8(10)4-7/h2-4,10,13H,5-7H2,1H3;1-2,4,11H,3,5H2. The Labute approximate surface area is 195 Å². The Morgan fingerprint density at radius 3 is 2.63 bits per heavy atom. The molecule has 0 amide bonds. The molecule has 3 rings (SSSR count). The van der Waals surface area contributed by atoms with Crippen LogP contribution in [0.2, 0.25) is 10.0 Å². The maximum absolute atomic E-state index is 11.4. The van der Waals surface area contributed by atoms with Crippen molar-refractivity contribution >= 4 is 52.2 Å². The highest BCUT2D eigenvalue weighted by Crippen LogP contribution is 2.23. The van der Waals surface area contributed by atoms with Crippen molar-refractivity contribution < 1.29 is 24.1 Å². The van der Waals surface area contributed by atoms with E-state index >= 15 is 0 Å². The number of hydrogen-bond acceptors (Lipinski definition) is 5. The van der Waals surface area contributed by atoms with Gasteiger partial charge in [-0.1, -0.05) is 64.6 Å². The van der Waals surface area contributed by atoms with Crippen molar-refractivity contribution in [2.45, 2.75) is 31.8 Å². The van der Waals surface area contributed by atoms with Gasteiger partial charge in [-0.3, -0.25) is 4.79 Å². The lowest BCUT2D eigenvalue weighted by molar-refractivity contribution is -0.154. The van der Waals surface area contributed by atoms with Crippen LogP contribution < -0.4 is 0 Å². The van der Waals surface area contributed by atoms with Crippen LogP contribution in [0.4, 0.5) is 0 Å². The highest BCUT2D eigenvalue weighted by Gasteiger charge is 2.33. The molecule has 2 atom stereocenters. The normalized spacial score (nSPS) is 21.3. The molecule has 9 heteroatoms. The van der Waals surface area contributed by atoms with Crippen molar-refractivity contribution in [1.29, 1.82) is 0 Å². The maximum atomic E-state index is 11.4. The lowest BCUT2D eigenvalue weighted by Crippen LogP contribution is -2.19. The van der Waals surface area contributed by atoms with Crippen LogP contribution in [0.15, 0.2) is 52.1 Å². The van der Waals surface area contributed by atoms with E-state index in [4.69, 9.17) is 65.7 Å². The fourth-order valence-electron chi connectivity index (χ4n) is 2.65. The number of aliphatic hydroxyl groups is 1. The third-order valence-corrected chi connectivity index (χ3v) is 5.39. The summed E-state index contributed by atoms with van der Waals surface area (Å²) in [7, 11) is 1.44. The lowest BCUT2D eigenvalue weighted by Gasteiger charge is -2.12. The van der Waals surface area contributed by atoms with Crippen molar-refractivity contribution in [3.05, 3.63) is 67.7 Å². The molecule has 5 nitrogen and oxygen atoms in total. The summed E-state index contributed by atoms with van der Waals surface area (Å²) in [5.41, 5.74) is 1.56. The van der Waals surface area contributed by atoms with Crippen molar-refractivity contribution in [1.82, 2.24) is 0 Å². The van der Waals surface area contributed by atoms with Gasteiger partial charge in [0.15, 0.2) is 5.78 Å². The number of methoxy groups -OCH3 is 1. The molecular formula is C21H22Cl4O5. The first-order valence-corrected chi connectivity index (χ1v) is 10.6. The molecule has 1 fully saturated rings. The van der Waals surface area contributed by atoms with Crippen molar-refractivity contribution in [3.63, 3.8) is 0 Å². The maximum Gasteiger partial charge on any atom is 0.217 e. The fraction of sp³-hybridized carbons (Fsp3) is 0.381. The van der Waals surface area contributed by atoms with Crippen LogP contribution in [-0.4, -0.2) is 43.6 Å². The van der Waals surface area contributed by atoms with E-state index in [1.165, 1.54) is 7.11 Å². The van der Waals surface area contributed by atoms with Crippen LogP contribution in [0, 0.1) is 0 Å². The Morgan fingerprint density at radius 1 is 1.23 bits per heavy atom. The number of ketones is 1. The van der Waals surface area contributed by atoms with Crippen LogP contribution in [0.3, 0.4) is 0 Å². The first-order chi connectivity index (χ1) is 14.3. The second-order valence-electron chi connectivity index (χ2n) is 6.48. The van der Waals surface area contributed by atoms with Gasteiger partial charge in [-0.15, -0.1) is 0 Å². The second kappa shape index (κ2) is 12.8. The van der Waals surface area contributed by atoms with Crippen LogP contribution in [-0.2, 0) is 25.6 Å². The summed E-state index contributed by atoms with van der Waals surface area (Å²) in [4.78, 5) is 11.4. The smallest absolute Gasteiger partial charge is 0.217 e. The van der Waals surface area contributed by atoms with E-state index in [2.05, 4.69) is 0 Å². The highest BCUT2D eigenvalue weighted by molar-refractivity contribution is 6.35. The number of hydrogen-bond donors (Lipinski definition) is 1. The quantitative estimate of drug-likeness (QED) is 0.572. The number of allylic oxidation sites excluding steroid dienone is 4. The van der Waals surface area contributed by atoms with Gasteiger partial charge in [0.05, 0.1) is 25.9 Å². The molecule has 1 aromatic rings. The zero-order valence-corrected chi connectivity index (χ0v) is 19.3. The number of benzene rings is 1. The molecule has 0 radical (unpaired) electrons. The highest BCUT2D eigenvalue weighted by atomic mass is 35.5. The minimum Gasteiger partial charge on any atom is -0.392 e. The van der Waals surface area contributed by atoms with E-state index in [-0.39, 0.29) is 18.5 Å². The van der Waals surface area contributed by atoms with Crippen LogP contribution in [0.25, 0.3) is 0 Å². The van der Waals surface area contributed by atoms with Gasteiger partial charge in [0.25, 0.3) is 0 Å². The molecule has 1 heterocycles. The topological polar surface area (TPSA) is 65.0 Å². The Hall–Kier alpha value is -0.890. The number of halogens is 4. The number of rotatable bonds is 6. The van der Waals surface area contributed by atoms with E-state index < -0.39 is 6.29 Å². The summed E-state index contributed by atoms with van der Waals surface area (Å²) in [6.07, 6.45) is 5.30. The molecule has 1 aliphatic heterocycles. The molecule has 1 aliphatic carbocycles. The van der Waals surface area contributed by atoms with E-state index in [1.807, 2.05) is 12.1 Å². The first kappa shape index (κ1) is 25.4. The Kier molecular flexibility index (Phi) is 10.9. The summed E-state index contributed by atoms with van der Waals surface area (Å²) in [5.74, 6) is -0.0550. The van der Waals surface area contributed by atoms with Gasteiger partial charge < -0.3 is 19.3 Å². The predicted octanol–water partition coefficient (Wildman–Crippen LogP) is 5.39. The minimum absolute atomic E-state index is 0.0456. The summed E-state index contributed by atoms with van der Waals surface area (Å²) in [5, 5.41) is 11.2. The molecule has 164 valence electrons. The fourth-order valence-corrected chi connectivity index (χ4v) is 3.63. The largest absolute Gasteiger partial charge is 0.392 e. The lowest BCUT2D eigenvalue weighted by atomic mass is 10.2. The van der Waals surface area contributed by atoms with Gasteiger partial charge >= 0.3 is 0 Å². The number of Topliss-reactive ketones (excluding diaryl/α,β-unsaturated/α-hetero) is 1. The second-order valence-corrected chi connectivity index (χ2v) is 8.21. The third kappa shape index (κ3) is 7.98. The minimum atomic E-state index is -0.757. The summed E-state index contributed by atoms with van der Waals surface area (Å²) in [6, 6.07) is 5.23. The molecule has 0 saturated carbocycles. The third-order valence-electron chi connectivity index (χ3n) is 4.19. The summed E-state index contributed by atoms with van der Waals surface area (Å²) < 4.78 is 15.8. The van der Waals surface area contributed by atoms with E-state index in [1.54, 1.807) is 24.3 Å². The van der Waals surface area contributed by atoms with Gasteiger partial charge in [0, 0.05) is 40.1 Å². The Morgan fingerprint density at radius 2 is 2.00 bits per heavy atom. The molecule has 0 aromatic heterocycles. The zero-order valence-electron chi connectivity index (χ0n) is 16.2. The van der Waals surface area contributed by atoms with Gasteiger partial charge in [-0.2, -0.15) is 0 Å². The number of aliphatic hydroxyl groups excluding tert-OH is 1. The van der Waals surface area contributed by atoms with Crippen LogP contribution in [0.1, 0.15) is 18.4 Å². The summed E-state index contributed by atoms with van der Waals surface area (Å²) in [6.45, 7) is 0.627. The predicted molar refractivity (Wildman–Crippen MR) is 119 cm³/mol. The van der Waals surface area contributed by atoms with Gasteiger partial charge in [-0.25, -0.2) is 0 Å². The van der Waals surface area contributed by atoms with Crippen LogP contribution in [0.5, 0.6) is 0 Å². The molecule has 0 bridgehead atoms. The van der Waals surface area contributed by atoms with Crippen LogP contribution >= 0.6 is 46.4 Å². The molecule has 2 unspecified atom stereocenters. The Balaban J connectivity index is 0.000000248. The molecule has 1 saturated heterocycles. The van der Waals surface area contributed by atoms with Crippen molar-refractivity contribution in [2.24, 2.45) is 0 Å². The van der Waals surface area contributed by atoms with Gasteiger partial charge in [0.1, 0.15) is 0 Å². The number of carbonyl (C=O) groups excluding carboxylic acids is 1. The molecular weight excluding hydrogens is 474 g/mol. The summed E-state index contributed by atoms with van der Waals surface area (Å²) >= 11 is 23.4.